The minimum absolute atomic E-state index is 0.0122. The highest BCUT2D eigenvalue weighted by Gasteiger charge is 2.24. The van der Waals surface area contributed by atoms with E-state index in [0.29, 0.717) is 35.5 Å². The first-order valence-corrected chi connectivity index (χ1v) is 9.16. The third kappa shape index (κ3) is 4.47. The zero-order valence-corrected chi connectivity index (χ0v) is 14.0. The number of rotatable bonds is 6. The van der Waals surface area contributed by atoms with E-state index in [1.54, 1.807) is 19.1 Å². The molecule has 2 rings (SSSR count). The highest BCUT2D eigenvalue weighted by atomic mass is 35.5. The molecule has 0 saturated carbocycles. The largest absolute Gasteiger partial charge is 0.492 e. The molecule has 0 aromatic heterocycles. The van der Waals surface area contributed by atoms with E-state index in [1.165, 1.54) is 0 Å². The van der Waals surface area contributed by atoms with Gasteiger partial charge in [-0.25, -0.2) is 13.1 Å². The van der Waals surface area contributed by atoms with Crippen LogP contribution in [0.1, 0.15) is 24.9 Å². The third-order valence-electron chi connectivity index (χ3n) is 3.19. The molecule has 0 amide bonds. The number of sulfonamides is 1. The van der Waals surface area contributed by atoms with Crippen LogP contribution >= 0.6 is 23.2 Å². The summed E-state index contributed by atoms with van der Waals surface area (Å²) in [5.41, 5.74) is 0.875. The Hall–Kier alpha value is -0.530. The molecule has 21 heavy (non-hydrogen) atoms. The Bertz CT molecular complexity index is 608. The van der Waals surface area contributed by atoms with Crippen molar-refractivity contribution in [2.75, 3.05) is 25.4 Å². The van der Waals surface area contributed by atoms with Crippen LogP contribution in [0.5, 0.6) is 5.75 Å². The summed E-state index contributed by atoms with van der Waals surface area (Å²) in [5.74, 6) is 0.654. The van der Waals surface area contributed by atoms with Crippen LogP contribution < -0.4 is 14.8 Å². The number of nitrogens with one attached hydrogen (secondary N) is 2. The van der Waals surface area contributed by atoms with Crippen molar-refractivity contribution in [2.45, 2.75) is 19.4 Å². The van der Waals surface area contributed by atoms with E-state index < -0.39 is 10.0 Å². The average molecular weight is 353 g/mol. The minimum atomic E-state index is -3.22. The molecule has 118 valence electrons. The van der Waals surface area contributed by atoms with Gasteiger partial charge < -0.3 is 10.1 Å². The first-order chi connectivity index (χ1) is 9.93. The predicted molar refractivity (Wildman–Crippen MR) is 84.8 cm³/mol. The summed E-state index contributed by atoms with van der Waals surface area (Å²) < 4.78 is 31.2. The SMILES string of the molecule is CCNS(=O)(=O)CCNC1CCOc2c(Cl)cc(Cl)cc21. The summed E-state index contributed by atoms with van der Waals surface area (Å²) >= 11 is 12.1. The van der Waals surface area contributed by atoms with Crippen molar-refractivity contribution in [3.63, 3.8) is 0 Å². The summed E-state index contributed by atoms with van der Waals surface area (Å²) in [4.78, 5) is 0. The van der Waals surface area contributed by atoms with Crippen LogP contribution in [0.15, 0.2) is 12.1 Å². The Morgan fingerprint density at radius 2 is 2.14 bits per heavy atom. The molecule has 5 nitrogen and oxygen atoms in total. The summed E-state index contributed by atoms with van der Waals surface area (Å²) in [7, 11) is -3.22. The summed E-state index contributed by atoms with van der Waals surface area (Å²) in [6.07, 6.45) is 0.741. The lowest BCUT2D eigenvalue weighted by Crippen LogP contribution is -2.35. The number of hydrogen-bond acceptors (Lipinski definition) is 4. The van der Waals surface area contributed by atoms with Crippen LogP contribution in [-0.2, 0) is 10.0 Å². The number of hydrogen-bond donors (Lipinski definition) is 2. The van der Waals surface area contributed by atoms with Crippen molar-refractivity contribution < 1.29 is 13.2 Å². The fourth-order valence-corrected chi connectivity index (χ4v) is 3.83. The number of ether oxygens (including phenoxy) is 1. The maximum atomic E-state index is 11.6. The van der Waals surface area contributed by atoms with Gasteiger partial charge in [-0.2, -0.15) is 0 Å². The second kappa shape index (κ2) is 7.15. The van der Waals surface area contributed by atoms with Crippen molar-refractivity contribution in [3.8, 4) is 5.75 Å². The summed E-state index contributed by atoms with van der Waals surface area (Å²) in [6.45, 7) is 3.03. The van der Waals surface area contributed by atoms with E-state index in [2.05, 4.69) is 10.0 Å². The molecule has 0 aliphatic carbocycles. The standard InChI is InChI=1S/C13H18Cl2N2O3S/c1-2-17-21(18,19)6-4-16-12-3-5-20-13-10(12)7-9(14)8-11(13)15/h7-8,12,16-17H,2-6H2,1H3. The van der Waals surface area contributed by atoms with E-state index in [-0.39, 0.29) is 11.8 Å². The van der Waals surface area contributed by atoms with E-state index in [1.807, 2.05) is 0 Å². The average Bonchev–Trinajstić information content (AvgIpc) is 2.39. The molecule has 8 heteroatoms. The maximum Gasteiger partial charge on any atom is 0.212 e. The van der Waals surface area contributed by atoms with E-state index in [9.17, 15) is 8.42 Å². The van der Waals surface area contributed by atoms with Crippen molar-refractivity contribution in [1.29, 1.82) is 0 Å². The van der Waals surface area contributed by atoms with Crippen LogP contribution in [-0.4, -0.2) is 33.9 Å². The first-order valence-electron chi connectivity index (χ1n) is 6.75. The third-order valence-corrected chi connectivity index (χ3v) is 5.16. The Labute approximate surface area is 135 Å². The summed E-state index contributed by atoms with van der Waals surface area (Å²) in [5, 5.41) is 4.24. The second-order valence-corrected chi connectivity index (χ2v) is 7.54. The van der Waals surface area contributed by atoms with Crippen molar-refractivity contribution in [1.82, 2.24) is 10.0 Å². The monoisotopic (exact) mass is 352 g/mol. The first kappa shape index (κ1) is 16.8. The molecule has 1 aliphatic heterocycles. The Balaban J connectivity index is 2.04. The van der Waals surface area contributed by atoms with Crippen LogP contribution in [0.25, 0.3) is 0 Å². The van der Waals surface area contributed by atoms with Gasteiger partial charge in [0.1, 0.15) is 5.75 Å². The lowest BCUT2D eigenvalue weighted by Gasteiger charge is -2.27. The molecular formula is C13H18Cl2N2O3S. The lowest BCUT2D eigenvalue weighted by atomic mass is 10.0. The van der Waals surface area contributed by atoms with Gasteiger partial charge in [-0.15, -0.1) is 0 Å². The fraction of sp³-hybridized carbons (Fsp3) is 0.538. The molecule has 1 unspecified atom stereocenters. The molecular weight excluding hydrogens is 335 g/mol. The van der Waals surface area contributed by atoms with Crippen LogP contribution in [0.3, 0.4) is 0 Å². The fourth-order valence-electron chi connectivity index (χ4n) is 2.30. The Morgan fingerprint density at radius 1 is 1.38 bits per heavy atom. The molecule has 1 heterocycles. The molecule has 1 aromatic rings. The number of benzene rings is 1. The Morgan fingerprint density at radius 3 is 2.86 bits per heavy atom. The van der Waals surface area contributed by atoms with Gasteiger partial charge in [-0.1, -0.05) is 30.1 Å². The van der Waals surface area contributed by atoms with Gasteiger partial charge in [0.05, 0.1) is 17.4 Å². The van der Waals surface area contributed by atoms with E-state index >= 15 is 0 Å². The van der Waals surface area contributed by atoms with Gasteiger partial charge in [0, 0.05) is 36.1 Å². The highest BCUT2D eigenvalue weighted by Crippen LogP contribution is 2.39. The highest BCUT2D eigenvalue weighted by molar-refractivity contribution is 7.89. The lowest BCUT2D eigenvalue weighted by molar-refractivity contribution is 0.254. The number of fused-ring (bicyclic) bond motifs is 1. The van der Waals surface area contributed by atoms with Gasteiger partial charge in [-0.05, 0) is 12.1 Å². The maximum absolute atomic E-state index is 11.6. The van der Waals surface area contributed by atoms with Crippen molar-refractivity contribution in [3.05, 3.63) is 27.7 Å². The van der Waals surface area contributed by atoms with Crippen molar-refractivity contribution in [2.24, 2.45) is 0 Å². The second-order valence-electron chi connectivity index (χ2n) is 4.77. The molecule has 0 bridgehead atoms. The van der Waals surface area contributed by atoms with Crippen LogP contribution in [0.4, 0.5) is 0 Å². The van der Waals surface area contributed by atoms with Crippen molar-refractivity contribution >= 4 is 33.2 Å². The Kier molecular flexibility index (Phi) is 5.73. The zero-order chi connectivity index (χ0) is 15.5. The minimum Gasteiger partial charge on any atom is -0.492 e. The normalized spacial score (nSPS) is 18.1. The summed E-state index contributed by atoms with van der Waals surface area (Å²) in [6, 6.07) is 3.43. The van der Waals surface area contributed by atoms with Crippen LogP contribution in [0.2, 0.25) is 10.0 Å². The molecule has 1 aromatic carbocycles. The molecule has 1 aliphatic rings. The molecule has 0 fully saturated rings. The number of halogens is 2. The molecule has 0 saturated heterocycles. The van der Waals surface area contributed by atoms with Gasteiger partial charge in [0.2, 0.25) is 10.0 Å². The molecule has 0 spiro atoms. The van der Waals surface area contributed by atoms with Gasteiger partial charge >= 0.3 is 0 Å². The smallest absolute Gasteiger partial charge is 0.212 e. The van der Waals surface area contributed by atoms with Gasteiger partial charge in [0.15, 0.2) is 0 Å². The van der Waals surface area contributed by atoms with E-state index in [4.69, 9.17) is 27.9 Å². The van der Waals surface area contributed by atoms with E-state index in [0.717, 1.165) is 12.0 Å². The van der Waals surface area contributed by atoms with Crippen LogP contribution in [0, 0.1) is 0 Å². The molecule has 0 radical (unpaired) electrons. The predicted octanol–water partition coefficient (Wildman–Crippen LogP) is 2.35. The molecule has 1 atom stereocenters. The van der Waals surface area contributed by atoms with Gasteiger partial charge in [-0.3, -0.25) is 0 Å². The van der Waals surface area contributed by atoms with Gasteiger partial charge in [0.25, 0.3) is 0 Å². The zero-order valence-electron chi connectivity index (χ0n) is 11.7. The molecule has 2 N–H and O–H groups in total. The quantitative estimate of drug-likeness (QED) is 0.824. The topological polar surface area (TPSA) is 67.4 Å².